The van der Waals surface area contributed by atoms with Gasteiger partial charge in [-0.1, -0.05) is 12.1 Å². The average molecular weight is 318 g/mol. The van der Waals surface area contributed by atoms with Crippen molar-refractivity contribution in [2.24, 2.45) is 5.92 Å². The number of aromatic amines is 1. The first-order valence-corrected chi connectivity index (χ1v) is 7.44. The number of carbonyl (C=O) groups excluding carboxylic acids is 1. The molecular formula is C15H19FN6O. The normalized spacial score (nSPS) is 23.2. The van der Waals surface area contributed by atoms with Crippen LogP contribution in [0.4, 0.5) is 15.8 Å². The van der Waals surface area contributed by atoms with Crippen molar-refractivity contribution in [2.45, 2.75) is 25.2 Å². The van der Waals surface area contributed by atoms with Crippen molar-refractivity contribution >= 4 is 17.3 Å². The molecule has 23 heavy (non-hydrogen) atoms. The first kappa shape index (κ1) is 15.4. The summed E-state index contributed by atoms with van der Waals surface area (Å²) in [5.41, 5.74) is 0.300. The zero-order valence-corrected chi connectivity index (χ0v) is 13.3. The van der Waals surface area contributed by atoms with Crippen molar-refractivity contribution in [3.05, 3.63) is 29.8 Å². The van der Waals surface area contributed by atoms with E-state index < -0.39 is 11.2 Å². The molecule has 8 heteroatoms. The molecule has 1 aromatic heterocycles. The van der Waals surface area contributed by atoms with Gasteiger partial charge >= 0.3 is 0 Å². The van der Waals surface area contributed by atoms with Crippen LogP contribution in [0, 0.1) is 11.7 Å². The second-order valence-corrected chi connectivity index (χ2v) is 6.38. The Balaban J connectivity index is 1.86. The smallest absolute Gasteiger partial charge is 0.238 e. The number of rotatable bonds is 4. The average Bonchev–Trinajstić information content (AvgIpc) is 2.97. The van der Waals surface area contributed by atoms with E-state index in [0.717, 1.165) is 0 Å². The summed E-state index contributed by atoms with van der Waals surface area (Å²) in [6.07, 6.45) is 1.29. The quantitative estimate of drug-likeness (QED) is 0.896. The molecule has 1 amide bonds. The van der Waals surface area contributed by atoms with Gasteiger partial charge in [-0.3, -0.25) is 4.79 Å². The fourth-order valence-electron chi connectivity index (χ4n) is 3.12. The van der Waals surface area contributed by atoms with Crippen molar-refractivity contribution in [1.29, 1.82) is 0 Å². The minimum Gasteiger partial charge on any atom is -0.378 e. The first-order valence-electron chi connectivity index (χ1n) is 7.44. The van der Waals surface area contributed by atoms with Crippen molar-refractivity contribution in [3.63, 3.8) is 0 Å². The highest BCUT2D eigenvalue weighted by molar-refractivity contribution is 5.99. The number of carbonyl (C=O) groups is 1. The number of nitrogens with zero attached hydrogens (tertiary/aromatic N) is 4. The standard InChI is InChI=1S/C15H19FN6O/c1-9-7-15(8-9,13-18-20-21-19-13)14(23)17-11-4-10(16)5-12(6-11)22(2)3/h4-6,9H,7-8H2,1-3H3,(H,17,23)(H,18,19,20,21). The Kier molecular flexibility index (Phi) is 3.75. The van der Waals surface area contributed by atoms with Gasteiger partial charge in [0.15, 0.2) is 5.82 Å². The largest absolute Gasteiger partial charge is 0.378 e. The summed E-state index contributed by atoms with van der Waals surface area (Å²) in [6, 6.07) is 4.44. The Morgan fingerprint density at radius 2 is 2.13 bits per heavy atom. The summed E-state index contributed by atoms with van der Waals surface area (Å²) < 4.78 is 13.7. The van der Waals surface area contributed by atoms with E-state index in [1.165, 1.54) is 12.1 Å². The lowest BCUT2D eigenvalue weighted by Crippen LogP contribution is -2.50. The van der Waals surface area contributed by atoms with Gasteiger partial charge in [-0.25, -0.2) is 4.39 Å². The number of hydrogen-bond acceptors (Lipinski definition) is 5. The van der Waals surface area contributed by atoms with Gasteiger partial charge in [0, 0.05) is 25.5 Å². The number of aromatic nitrogens is 4. The zero-order valence-electron chi connectivity index (χ0n) is 13.3. The molecule has 0 unspecified atom stereocenters. The molecule has 1 heterocycles. The van der Waals surface area contributed by atoms with Gasteiger partial charge in [-0.05, 0) is 37.0 Å². The van der Waals surface area contributed by atoms with E-state index >= 15 is 0 Å². The molecule has 1 aliphatic rings. The lowest BCUT2D eigenvalue weighted by molar-refractivity contribution is -0.126. The summed E-state index contributed by atoms with van der Waals surface area (Å²) in [7, 11) is 3.63. The van der Waals surface area contributed by atoms with E-state index in [9.17, 15) is 9.18 Å². The third-order valence-electron chi connectivity index (χ3n) is 4.26. The highest BCUT2D eigenvalue weighted by atomic mass is 19.1. The Hall–Kier alpha value is -2.51. The molecule has 0 atom stereocenters. The van der Waals surface area contributed by atoms with Crippen molar-refractivity contribution in [3.8, 4) is 0 Å². The van der Waals surface area contributed by atoms with Crippen LogP contribution in [0.15, 0.2) is 18.2 Å². The van der Waals surface area contributed by atoms with E-state index in [1.54, 1.807) is 11.0 Å². The van der Waals surface area contributed by atoms with Crippen molar-refractivity contribution < 1.29 is 9.18 Å². The van der Waals surface area contributed by atoms with Crippen LogP contribution >= 0.6 is 0 Å². The van der Waals surface area contributed by atoms with Crippen LogP contribution in [0.25, 0.3) is 0 Å². The van der Waals surface area contributed by atoms with E-state index in [-0.39, 0.29) is 5.91 Å². The molecule has 7 nitrogen and oxygen atoms in total. The van der Waals surface area contributed by atoms with Crippen LogP contribution in [-0.4, -0.2) is 40.6 Å². The molecule has 3 rings (SSSR count). The number of anilines is 2. The SMILES string of the molecule is CC1CC(C(=O)Nc2cc(F)cc(N(C)C)c2)(c2nn[nH]n2)C1. The molecule has 1 fully saturated rings. The minimum atomic E-state index is -0.795. The first-order chi connectivity index (χ1) is 10.9. The second-order valence-electron chi connectivity index (χ2n) is 6.38. The lowest BCUT2D eigenvalue weighted by Gasteiger charge is -2.42. The Morgan fingerprint density at radius 1 is 1.39 bits per heavy atom. The topological polar surface area (TPSA) is 86.8 Å². The monoisotopic (exact) mass is 318 g/mol. The number of H-pyrrole nitrogens is 1. The van der Waals surface area contributed by atoms with Crippen molar-refractivity contribution in [2.75, 3.05) is 24.3 Å². The van der Waals surface area contributed by atoms with Crippen LogP contribution in [-0.2, 0) is 10.2 Å². The molecule has 1 aromatic carbocycles. The number of amides is 1. The van der Waals surface area contributed by atoms with Gasteiger partial charge < -0.3 is 10.2 Å². The number of benzene rings is 1. The molecule has 0 radical (unpaired) electrons. The summed E-state index contributed by atoms with van der Waals surface area (Å²) in [6.45, 7) is 2.07. The highest BCUT2D eigenvalue weighted by Crippen LogP contribution is 2.46. The Labute approximate surface area is 133 Å². The molecule has 1 saturated carbocycles. The summed E-state index contributed by atoms with van der Waals surface area (Å²) in [4.78, 5) is 14.6. The molecule has 0 spiro atoms. The summed E-state index contributed by atoms with van der Waals surface area (Å²) >= 11 is 0. The molecule has 0 aliphatic heterocycles. The van der Waals surface area contributed by atoms with E-state index in [0.29, 0.717) is 36.0 Å². The Bertz CT molecular complexity index is 709. The van der Waals surface area contributed by atoms with Crippen molar-refractivity contribution in [1.82, 2.24) is 20.6 Å². The molecule has 1 aliphatic carbocycles. The molecular weight excluding hydrogens is 299 g/mol. The van der Waals surface area contributed by atoms with Crippen LogP contribution in [0.2, 0.25) is 0 Å². The van der Waals surface area contributed by atoms with Gasteiger partial charge in [-0.15, -0.1) is 10.2 Å². The number of nitrogens with one attached hydrogen (secondary N) is 2. The van der Waals surface area contributed by atoms with Gasteiger partial charge in [0.1, 0.15) is 11.2 Å². The molecule has 2 N–H and O–H groups in total. The zero-order chi connectivity index (χ0) is 16.6. The third-order valence-corrected chi connectivity index (χ3v) is 4.26. The third kappa shape index (κ3) is 2.76. The fourth-order valence-corrected chi connectivity index (χ4v) is 3.12. The Morgan fingerprint density at radius 3 is 2.70 bits per heavy atom. The fraction of sp³-hybridized carbons (Fsp3) is 0.467. The van der Waals surface area contributed by atoms with Crippen LogP contribution in [0.1, 0.15) is 25.6 Å². The molecule has 0 bridgehead atoms. The number of halogens is 1. The number of tetrazole rings is 1. The van der Waals surface area contributed by atoms with Crippen LogP contribution in [0.5, 0.6) is 0 Å². The van der Waals surface area contributed by atoms with E-state index in [1.807, 2.05) is 14.1 Å². The maximum atomic E-state index is 13.7. The van der Waals surface area contributed by atoms with Crippen LogP contribution < -0.4 is 10.2 Å². The van der Waals surface area contributed by atoms with Gasteiger partial charge in [-0.2, -0.15) is 5.21 Å². The van der Waals surface area contributed by atoms with Crippen LogP contribution in [0.3, 0.4) is 0 Å². The molecule has 0 saturated heterocycles. The second kappa shape index (κ2) is 5.60. The minimum absolute atomic E-state index is 0.229. The summed E-state index contributed by atoms with van der Waals surface area (Å²) in [5, 5.41) is 16.7. The van der Waals surface area contributed by atoms with Gasteiger partial charge in [0.25, 0.3) is 0 Å². The molecule has 122 valence electrons. The highest BCUT2D eigenvalue weighted by Gasteiger charge is 2.52. The molecule has 2 aromatic rings. The predicted molar refractivity (Wildman–Crippen MR) is 83.6 cm³/mol. The van der Waals surface area contributed by atoms with Gasteiger partial charge in [0.05, 0.1) is 0 Å². The lowest BCUT2D eigenvalue weighted by atomic mass is 9.61. The van der Waals surface area contributed by atoms with E-state index in [2.05, 4.69) is 32.9 Å². The number of hydrogen-bond donors (Lipinski definition) is 2. The predicted octanol–water partition coefficient (Wildman–Crippen LogP) is 1.71. The van der Waals surface area contributed by atoms with E-state index in [4.69, 9.17) is 0 Å². The maximum Gasteiger partial charge on any atom is 0.238 e. The van der Waals surface area contributed by atoms with Gasteiger partial charge in [0.2, 0.25) is 5.91 Å². The maximum absolute atomic E-state index is 13.7. The summed E-state index contributed by atoms with van der Waals surface area (Å²) in [5.74, 6) is 0.163.